The van der Waals surface area contributed by atoms with Crippen molar-refractivity contribution in [3.05, 3.63) is 48.0 Å². The summed E-state index contributed by atoms with van der Waals surface area (Å²) in [6.45, 7) is 3.04. The van der Waals surface area contributed by atoms with Gasteiger partial charge in [-0.1, -0.05) is 36.4 Å². The second-order valence-electron chi connectivity index (χ2n) is 5.58. The van der Waals surface area contributed by atoms with Gasteiger partial charge in [0.1, 0.15) is 0 Å². The van der Waals surface area contributed by atoms with Crippen LogP contribution in [-0.2, 0) is 0 Å². The van der Waals surface area contributed by atoms with Crippen molar-refractivity contribution in [2.24, 2.45) is 0 Å². The SMILES string of the molecule is CC1CCC(NC(=O)c2cccc3ccccc23)CN1. The van der Waals surface area contributed by atoms with Gasteiger partial charge in [0.2, 0.25) is 0 Å². The summed E-state index contributed by atoms with van der Waals surface area (Å²) in [5.74, 6) is 0.0307. The van der Waals surface area contributed by atoms with Gasteiger partial charge in [-0.3, -0.25) is 4.79 Å². The van der Waals surface area contributed by atoms with E-state index in [1.807, 2.05) is 42.5 Å². The fourth-order valence-electron chi connectivity index (χ4n) is 2.81. The van der Waals surface area contributed by atoms with Gasteiger partial charge in [0.25, 0.3) is 5.91 Å². The number of carbonyl (C=O) groups is 1. The highest BCUT2D eigenvalue weighted by molar-refractivity contribution is 6.07. The van der Waals surface area contributed by atoms with E-state index in [0.29, 0.717) is 6.04 Å². The highest BCUT2D eigenvalue weighted by atomic mass is 16.1. The molecule has 0 aliphatic carbocycles. The molecule has 1 amide bonds. The number of hydrogen-bond acceptors (Lipinski definition) is 2. The van der Waals surface area contributed by atoms with Crippen LogP contribution in [0, 0.1) is 0 Å². The first-order chi connectivity index (χ1) is 9.74. The van der Waals surface area contributed by atoms with Crippen molar-refractivity contribution in [2.75, 3.05) is 6.54 Å². The Hall–Kier alpha value is -1.87. The summed E-state index contributed by atoms with van der Waals surface area (Å²) >= 11 is 0. The van der Waals surface area contributed by atoms with Gasteiger partial charge in [0.05, 0.1) is 0 Å². The summed E-state index contributed by atoms with van der Waals surface area (Å²) in [6.07, 6.45) is 2.16. The molecule has 104 valence electrons. The Balaban J connectivity index is 1.79. The largest absolute Gasteiger partial charge is 0.348 e. The molecule has 1 saturated heterocycles. The molecule has 0 aromatic heterocycles. The topological polar surface area (TPSA) is 41.1 Å². The minimum Gasteiger partial charge on any atom is -0.348 e. The van der Waals surface area contributed by atoms with Crippen LogP contribution < -0.4 is 10.6 Å². The van der Waals surface area contributed by atoms with Crippen LogP contribution in [0.5, 0.6) is 0 Å². The molecule has 0 bridgehead atoms. The third-order valence-electron chi connectivity index (χ3n) is 4.03. The number of hydrogen-bond donors (Lipinski definition) is 2. The zero-order valence-corrected chi connectivity index (χ0v) is 11.7. The summed E-state index contributed by atoms with van der Waals surface area (Å²) in [4.78, 5) is 12.5. The maximum atomic E-state index is 12.5. The zero-order valence-electron chi connectivity index (χ0n) is 11.7. The number of nitrogens with one attached hydrogen (secondary N) is 2. The van der Waals surface area contributed by atoms with E-state index in [-0.39, 0.29) is 11.9 Å². The molecule has 3 nitrogen and oxygen atoms in total. The summed E-state index contributed by atoms with van der Waals surface area (Å²) in [5.41, 5.74) is 0.765. The fraction of sp³-hybridized carbons (Fsp3) is 0.353. The Kier molecular flexibility index (Phi) is 3.70. The van der Waals surface area contributed by atoms with E-state index in [2.05, 4.69) is 17.6 Å². The lowest BCUT2D eigenvalue weighted by Crippen LogP contribution is -2.48. The molecule has 2 aromatic rings. The fourth-order valence-corrected chi connectivity index (χ4v) is 2.81. The minimum absolute atomic E-state index is 0.0307. The third kappa shape index (κ3) is 2.68. The third-order valence-corrected chi connectivity index (χ3v) is 4.03. The number of carbonyl (C=O) groups excluding carboxylic acids is 1. The van der Waals surface area contributed by atoms with E-state index in [9.17, 15) is 4.79 Å². The van der Waals surface area contributed by atoms with Crippen LogP contribution in [0.1, 0.15) is 30.1 Å². The molecule has 2 N–H and O–H groups in total. The Labute approximate surface area is 119 Å². The van der Waals surface area contributed by atoms with Crippen LogP contribution in [0.15, 0.2) is 42.5 Å². The summed E-state index contributed by atoms with van der Waals surface area (Å²) in [7, 11) is 0. The van der Waals surface area contributed by atoms with Crippen LogP contribution in [0.3, 0.4) is 0 Å². The lowest BCUT2D eigenvalue weighted by atomic mass is 10.0. The number of fused-ring (bicyclic) bond motifs is 1. The summed E-state index contributed by atoms with van der Waals surface area (Å²) in [5, 5.41) is 8.68. The van der Waals surface area contributed by atoms with Gasteiger partial charge in [-0.05, 0) is 36.6 Å². The van der Waals surface area contributed by atoms with Crippen molar-refractivity contribution in [3.8, 4) is 0 Å². The molecule has 1 heterocycles. The van der Waals surface area contributed by atoms with Gasteiger partial charge in [0, 0.05) is 24.2 Å². The predicted octanol–water partition coefficient (Wildman–Crippen LogP) is 2.71. The number of piperidine rings is 1. The smallest absolute Gasteiger partial charge is 0.252 e. The maximum Gasteiger partial charge on any atom is 0.252 e. The van der Waals surface area contributed by atoms with Gasteiger partial charge in [-0.25, -0.2) is 0 Å². The summed E-state index contributed by atoms with van der Waals surface area (Å²) < 4.78 is 0. The molecule has 3 heteroatoms. The van der Waals surface area contributed by atoms with Gasteiger partial charge >= 0.3 is 0 Å². The second kappa shape index (κ2) is 5.63. The average Bonchev–Trinajstić information content (AvgIpc) is 2.49. The molecule has 1 aliphatic heterocycles. The molecule has 0 spiro atoms. The van der Waals surface area contributed by atoms with Crippen molar-refractivity contribution >= 4 is 16.7 Å². The second-order valence-corrected chi connectivity index (χ2v) is 5.58. The first-order valence-corrected chi connectivity index (χ1v) is 7.26. The number of amides is 1. The van der Waals surface area contributed by atoms with Crippen LogP contribution >= 0.6 is 0 Å². The molecule has 2 aromatic carbocycles. The molecule has 2 atom stereocenters. The molecule has 3 rings (SSSR count). The van der Waals surface area contributed by atoms with Gasteiger partial charge in [-0.15, -0.1) is 0 Å². The molecule has 2 unspecified atom stereocenters. The van der Waals surface area contributed by atoms with Gasteiger partial charge in [0.15, 0.2) is 0 Å². The predicted molar refractivity (Wildman–Crippen MR) is 81.9 cm³/mol. The monoisotopic (exact) mass is 268 g/mol. The van der Waals surface area contributed by atoms with Crippen LogP contribution in [0.4, 0.5) is 0 Å². The Morgan fingerprint density at radius 3 is 2.75 bits per heavy atom. The molecule has 0 saturated carbocycles. The van der Waals surface area contributed by atoms with Crippen molar-refractivity contribution in [2.45, 2.75) is 31.8 Å². The Morgan fingerprint density at radius 1 is 1.15 bits per heavy atom. The van der Waals surface area contributed by atoms with Gasteiger partial charge in [-0.2, -0.15) is 0 Å². The van der Waals surface area contributed by atoms with Gasteiger partial charge < -0.3 is 10.6 Å². The zero-order chi connectivity index (χ0) is 13.9. The van der Waals surface area contributed by atoms with E-state index in [0.717, 1.165) is 35.7 Å². The highest BCUT2D eigenvalue weighted by Crippen LogP contribution is 2.19. The lowest BCUT2D eigenvalue weighted by Gasteiger charge is -2.28. The molecular formula is C17H20N2O. The average molecular weight is 268 g/mol. The first kappa shape index (κ1) is 13.1. The van der Waals surface area contributed by atoms with Crippen molar-refractivity contribution < 1.29 is 4.79 Å². The van der Waals surface area contributed by atoms with Crippen LogP contribution in [0.25, 0.3) is 10.8 Å². The lowest BCUT2D eigenvalue weighted by molar-refractivity contribution is 0.0929. The molecule has 0 radical (unpaired) electrons. The van der Waals surface area contributed by atoms with E-state index < -0.39 is 0 Å². The number of rotatable bonds is 2. The molecule has 1 aliphatic rings. The molecule has 1 fully saturated rings. The van der Waals surface area contributed by atoms with Crippen molar-refractivity contribution in [1.29, 1.82) is 0 Å². The minimum atomic E-state index is 0.0307. The highest BCUT2D eigenvalue weighted by Gasteiger charge is 2.20. The van der Waals surface area contributed by atoms with Crippen LogP contribution in [-0.4, -0.2) is 24.5 Å². The first-order valence-electron chi connectivity index (χ1n) is 7.26. The van der Waals surface area contributed by atoms with Crippen molar-refractivity contribution in [1.82, 2.24) is 10.6 Å². The van der Waals surface area contributed by atoms with E-state index >= 15 is 0 Å². The Bertz CT molecular complexity index is 610. The maximum absolute atomic E-state index is 12.5. The van der Waals surface area contributed by atoms with E-state index in [1.165, 1.54) is 0 Å². The molecule has 20 heavy (non-hydrogen) atoms. The van der Waals surface area contributed by atoms with E-state index in [4.69, 9.17) is 0 Å². The quantitative estimate of drug-likeness (QED) is 0.879. The van der Waals surface area contributed by atoms with Crippen molar-refractivity contribution in [3.63, 3.8) is 0 Å². The number of benzene rings is 2. The van der Waals surface area contributed by atoms with Crippen LogP contribution in [0.2, 0.25) is 0 Å². The molecular weight excluding hydrogens is 248 g/mol. The summed E-state index contributed by atoms with van der Waals surface area (Å²) in [6, 6.07) is 14.7. The normalized spacial score (nSPS) is 22.6. The standard InChI is InChI=1S/C17H20N2O/c1-12-9-10-14(11-18-12)19-17(20)16-8-4-6-13-5-2-3-7-15(13)16/h2-8,12,14,18H,9-11H2,1H3,(H,19,20). The van der Waals surface area contributed by atoms with E-state index in [1.54, 1.807) is 0 Å². The Morgan fingerprint density at radius 2 is 1.95 bits per heavy atom.